The van der Waals surface area contributed by atoms with E-state index in [-0.39, 0.29) is 5.25 Å². The van der Waals surface area contributed by atoms with E-state index in [0.29, 0.717) is 39.1 Å². The SMILES string of the molecule is NCc1cccc(CNS(=O)(=O)C2CCOCC2)c1. The van der Waals surface area contributed by atoms with Crippen LogP contribution in [0, 0.1) is 0 Å². The van der Waals surface area contributed by atoms with Crippen LogP contribution < -0.4 is 10.5 Å². The smallest absolute Gasteiger partial charge is 0.214 e. The second-order valence-electron chi connectivity index (χ2n) is 4.70. The fraction of sp³-hybridized carbons (Fsp3) is 0.538. The summed E-state index contributed by atoms with van der Waals surface area (Å²) < 4.78 is 32.1. The van der Waals surface area contributed by atoms with Crippen molar-refractivity contribution in [2.24, 2.45) is 5.73 Å². The van der Waals surface area contributed by atoms with Gasteiger partial charge in [0.05, 0.1) is 5.25 Å². The van der Waals surface area contributed by atoms with E-state index in [1.807, 2.05) is 24.3 Å². The van der Waals surface area contributed by atoms with E-state index in [2.05, 4.69) is 4.72 Å². The molecule has 1 aliphatic heterocycles. The Hall–Kier alpha value is -0.950. The zero-order valence-electron chi connectivity index (χ0n) is 10.8. The minimum absolute atomic E-state index is 0.313. The van der Waals surface area contributed by atoms with Gasteiger partial charge in [0.2, 0.25) is 10.0 Å². The van der Waals surface area contributed by atoms with Gasteiger partial charge in [0.15, 0.2) is 0 Å². The molecule has 0 amide bonds. The molecule has 1 aromatic rings. The second kappa shape index (κ2) is 6.47. The van der Waals surface area contributed by atoms with Crippen LogP contribution in [0.15, 0.2) is 24.3 Å². The van der Waals surface area contributed by atoms with E-state index in [9.17, 15) is 8.42 Å². The molecular weight excluding hydrogens is 264 g/mol. The van der Waals surface area contributed by atoms with Crippen LogP contribution in [0.2, 0.25) is 0 Å². The Balaban J connectivity index is 1.96. The highest BCUT2D eigenvalue weighted by molar-refractivity contribution is 7.90. The quantitative estimate of drug-likeness (QED) is 0.836. The molecule has 6 heteroatoms. The molecule has 0 atom stereocenters. The molecule has 5 nitrogen and oxygen atoms in total. The lowest BCUT2D eigenvalue weighted by molar-refractivity contribution is 0.0981. The van der Waals surface area contributed by atoms with Gasteiger partial charge in [0, 0.05) is 26.3 Å². The number of nitrogens with two attached hydrogens (primary N) is 1. The van der Waals surface area contributed by atoms with Crippen molar-refractivity contribution in [3.63, 3.8) is 0 Å². The van der Waals surface area contributed by atoms with Gasteiger partial charge in [0.1, 0.15) is 0 Å². The van der Waals surface area contributed by atoms with Crippen molar-refractivity contribution >= 4 is 10.0 Å². The van der Waals surface area contributed by atoms with Crippen LogP contribution in [0.4, 0.5) is 0 Å². The van der Waals surface area contributed by atoms with Gasteiger partial charge in [-0.2, -0.15) is 0 Å². The molecule has 0 aromatic heterocycles. The summed E-state index contributed by atoms with van der Waals surface area (Å²) in [6, 6.07) is 7.63. The van der Waals surface area contributed by atoms with Crippen molar-refractivity contribution in [3.05, 3.63) is 35.4 Å². The molecule has 1 aliphatic rings. The predicted octanol–water partition coefficient (Wildman–Crippen LogP) is 0.744. The minimum atomic E-state index is -3.26. The molecule has 2 rings (SSSR count). The molecule has 0 aliphatic carbocycles. The summed E-state index contributed by atoms with van der Waals surface area (Å²) in [5.41, 5.74) is 7.50. The van der Waals surface area contributed by atoms with Gasteiger partial charge in [0.25, 0.3) is 0 Å². The molecule has 1 heterocycles. The van der Waals surface area contributed by atoms with Crippen molar-refractivity contribution < 1.29 is 13.2 Å². The first-order valence-corrected chi connectivity index (χ1v) is 8.00. The van der Waals surface area contributed by atoms with Gasteiger partial charge in [-0.1, -0.05) is 24.3 Å². The Labute approximate surface area is 114 Å². The third kappa shape index (κ3) is 4.01. The van der Waals surface area contributed by atoms with Crippen LogP contribution in [0.5, 0.6) is 0 Å². The lowest BCUT2D eigenvalue weighted by Crippen LogP contribution is -2.37. The molecule has 19 heavy (non-hydrogen) atoms. The van der Waals surface area contributed by atoms with Gasteiger partial charge in [-0.3, -0.25) is 0 Å². The molecule has 1 aromatic carbocycles. The third-order valence-electron chi connectivity index (χ3n) is 3.31. The molecule has 0 saturated carbocycles. The Morgan fingerprint density at radius 3 is 2.63 bits per heavy atom. The highest BCUT2D eigenvalue weighted by atomic mass is 32.2. The molecule has 3 N–H and O–H groups in total. The normalized spacial score (nSPS) is 17.5. The molecule has 0 unspecified atom stereocenters. The van der Waals surface area contributed by atoms with E-state index in [0.717, 1.165) is 11.1 Å². The first-order chi connectivity index (χ1) is 9.12. The summed E-state index contributed by atoms with van der Waals surface area (Å²) in [4.78, 5) is 0. The molecule has 1 fully saturated rings. The second-order valence-corrected chi connectivity index (χ2v) is 6.75. The van der Waals surface area contributed by atoms with Crippen molar-refractivity contribution in [3.8, 4) is 0 Å². The Kier molecular flexibility index (Phi) is 4.93. The summed E-state index contributed by atoms with van der Waals surface area (Å²) in [7, 11) is -3.26. The molecule has 1 saturated heterocycles. The monoisotopic (exact) mass is 284 g/mol. The van der Waals surface area contributed by atoms with Gasteiger partial charge in [-0.15, -0.1) is 0 Å². The van der Waals surface area contributed by atoms with E-state index < -0.39 is 10.0 Å². The van der Waals surface area contributed by atoms with E-state index >= 15 is 0 Å². The van der Waals surface area contributed by atoms with E-state index in [1.54, 1.807) is 0 Å². The number of rotatable bonds is 5. The van der Waals surface area contributed by atoms with Gasteiger partial charge < -0.3 is 10.5 Å². The van der Waals surface area contributed by atoms with Crippen LogP contribution in [-0.4, -0.2) is 26.9 Å². The number of sulfonamides is 1. The van der Waals surface area contributed by atoms with E-state index in [4.69, 9.17) is 10.5 Å². The van der Waals surface area contributed by atoms with Crippen molar-refractivity contribution in [1.29, 1.82) is 0 Å². The topological polar surface area (TPSA) is 81.4 Å². The minimum Gasteiger partial charge on any atom is -0.381 e. The Bertz CT molecular complexity index is 510. The maximum absolute atomic E-state index is 12.1. The van der Waals surface area contributed by atoms with Gasteiger partial charge in [-0.05, 0) is 24.0 Å². The average Bonchev–Trinajstić information content (AvgIpc) is 2.46. The van der Waals surface area contributed by atoms with Crippen LogP contribution in [-0.2, 0) is 27.8 Å². The lowest BCUT2D eigenvalue weighted by atomic mass is 10.1. The molecule has 0 spiro atoms. The largest absolute Gasteiger partial charge is 0.381 e. The van der Waals surface area contributed by atoms with Crippen LogP contribution in [0.3, 0.4) is 0 Å². The number of hydrogen-bond acceptors (Lipinski definition) is 4. The maximum Gasteiger partial charge on any atom is 0.214 e. The summed E-state index contributed by atoms with van der Waals surface area (Å²) in [6.07, 6.45) is 1.14. The van der Waals surface area contributed by atoms with Crippen LogP contribution >= 0.6 is 0 Å². The number of benzene rings is 1. The highest BCUT2D eigenvalue weighted by Crippen LogP contribution is 2.15. The van der Waals surface area contributed by atoms with Crippen LogP contribution in [0.1, 0.15) is 24.0 Å². The van der Waals surface area contributed by atoms with E-state index in [1.165, 1.54) is 0 Å². The standard InChI is InChI=1S/C13H20N2O3S/c14-9-11-2-1-3-12(8-11)10-15-19(16,17)13-4-6-18-7-5-13/h1-3,8,13,15H,4-7,9-10,14H2. The van der Waals surface area contributed by atoms with Crippen molar-refractivity contribution in [2.45, 2.75) is 31.2 Å². The zero-order valence-corrected chi connectivity index (χ0v) is 11.7. The number of hydrogen-bond donors (Lipinski definition) is 2. The summed E-state index contributed by atoms with van der Waals surface area (Å²) in [6.45, 7) is 1.82. The summed E-state index contributed by atoms with van der Waals surface area (Å²) in [5, 5.41) is -0.334. The third-order valence-corrected chi connectivity index (χ3v) is 5.21. The first-order valence-electron chi connectivity index (χ1n) is 6.46. The molecule has 0 bridgehead atoms. The zero-order chi connectivity index (χ0) is 13.7. The van der Waals surface area contributed by atoms with Crippen molar-refractivity contribution in [2.75, 3.05) is 13.2 Å². The Morgan fingerprint density at radius 1 is 1.26 bits per heavy atom. The van der Waals surface area contributed by atoms with Crippen LogP contribution in [0.25, 0.3) is 0 Å². The molecule has 106 valence electrons. The fourth-order valence-electron chi connectivity index (χ4n) is 2.15. The average molecular weight is 284 g/mol. The molecule has 0 radical (unpaired) electrons. The molecular formula is C13H20N2O3S. The summed E-state index contributed by atoms with van der Waals surface area (Å²) in [5.74, 6) is 0. The lowest BCUT2D eigenvalue weighted by Gasteiger charge is -2.22. The predicted molar refractivity (Wildman–Crippen MR) is 73.9 cm³/mol. The number of ether oxygens (including phenoxy) is 1. The van der Waals surface area contributed by atoms with Gasteiger partial charge >= 0.3 is 0 Å². The summed E-state index contributed by atoms with van der Waals surface area (Å²) >= 11 is 0. The highest BCUT2D eigenvalue weighted by Gasteiger charge is 2.27. The Morgan fingerprint density at radius 2 is 1.95 bits per heavy atom. The van der Waals surface area contributed by atoms with Crippen molar-refractivity contribution in [1.82, 2.24) is 4.72 Å². The first kappa shape index (κ1) is 14.5. The number of nitrogens with one attached hydrogen (secondary N) is 1. The maximum atomic E-state index is 12.1. The van der Waals surface area contributed by atoms with Gasteiger partial charge in [-0.25, -0.2) is 13.1 Å². The fourth-order valence-corrected chi connectivity index (χ4v) is 3.57.